The normalized spacial score (nSPS) is 17.2. The maximum Gasteiger partial charge on any atom is 0.243 e. The zero-order valence-corrected chi connectivity index (χ0v) is 15.0. The van der Waals surface area contributed by atoms with E-state index in [1.54, 1.807) is 0 Å². The van der Waals surface area contributed by atoms with Gasteiger partial charge in [-0.15, -0.1) is 0 Å². The molecule has 0 amide bonds. The standard InChI is InChI=1S/C13H16BrCl2NO2S/c1-2-3-13(4-5-13)8-17-20(18,19)12-10(15)6-9(14)7-11(12)16/h6-7,17H,2-5,8H2,1H3. The summed E-state index contributed by atoms with van der Waals surface area (Å²) in [6.45, 7) is 2.56. The lowest BCUT2D eigenvalue weighted by atomic mass is 10.0. The fraction of sp³-hybridized carbons (Fsp3) is 0.538. The van der Waals surface area contributed by atoms with Gasteiger partial charge in [-0.25, -0.2) is 13.1 Å². The van der Waals surface area contributed by atoms with Gasteiger partial charge in [0.2, 0.25) is 10.0 Å². The Morgan fingerprint density at radius 3 is 2.30 bits per heavy atom. The Balaban J connectivity index is 2.19. The predicted octanol–water partition coefficient (Wildman–Crippen LogP) is 4.61. The van der Waals surface area contributed by atoms with Gasteiger partial charge >= 0.3 is 0 Å². The highest BCUT2D eigenvalue weighted by Gasteiger charge is 2.42. The number of sulfonamides is 1. The number of benzene rings is 1. The van der Waals surface area contributed by atoms with Gasteiger partial charge in [-0.2, -0.15) is 0 Å². The van der Waals surface area contributed by atoms with Crippen LogP contribution in [0, 0.1) is 5.41 Å². The van der Waals surface area contributed by atoms with Crippen molar-refractivity contribution in [1.82, 2.24) is 4.72 Å². The Morgan fingerprint density at radius 1 is 1.30 bits per heavy atom. The van der Waals surface area contributed by atoms with Gasteiger partial charge in [-0.1, -0.05) is 52.5 Å². The van der Waals surface area contributed by atoms with Crippen LogP contribution in [0.2, 0.25) is 10.0 Å². The summed E-state index contributed by atoms with van der Waals surface area (Å²) in [5, 5.41) is 0.245. The van der Waals surface area contributed by atoms with Crippen LogP contribution in [-0.4, -0.2) is 15.0 Å². The summed E-state index contributed by atoms with van der Waals surface area (Å²) in [6.07, 6.45) is 4.25. The molecule has 1 aliphatic rings. The molecular weight excluding hydrogens is 385 g/mol. The fourth-order valence-corrected chi connectivity index (χ4v) is 5.42. The smallest absolute Gasteiger partial charge is 0.211 e. The zero-order chi connectivity index (χ0) is 15.0. The molecule has 0 unspecified atom stereocenters. The molecule has 1 aliphatic carbocycles. The summed E-state index contributed by atoms with van der Waals surface area (Å²) in [5.74, 6) is 0. The van der Waals surface area contributed by atoms with Crippen molar-refractivity contribution >= 4 is 49.2 Å². The van der Waals surface area contributed by atoms with E-state index in [0.717, 1.165) is 25.7 Å². The zero-order valence-electron chi connectivity index (χ0n) is 11.0. The summed E-state index contributed by atoms with van der Waals surface area (Å²) < 4.78 is 28.0. The number of halogens is 3. The van der Waals surface area contributed by atoms with E-state index in [9.17, 15) is 8.42 Å². The van der Waals surface area contributed by atoms with E-state index in [2.05, 4.69) is 27.6 Å². The topological polar surface area (TPSA) is 46.2 Å². The Labute approximate surface area is 138 Å². The number of hydrogen-bond donors (Lipinski definition) is 1. The lowest BCUT2D eigenvalue weighted by Gasteiger charge is -2.16. The summed E-state index contributed by atoms with van der Waals surface area (Å²) in [5.41, 5.74) is 0.135. The first-order valence-electron chi connectivity index (χ1n) is 6.44. The number of hydrogen-bond acceptors (Lipinski definition) is 2. The Morgan fingerprint density at radius 2 is 1.85 bits per heavy atom. The molecule has 0 bridgehead atoms. The second-order valence-corrected chi connectivity index (χ2v) is 8.71. The first kappa shape index (κ1) is 16.6. The van der Waals surface area contributed by atoms with Crippen LogP contribution in [0.5, 0.6) is 0 Å². The first-order valence-corrected chi connectivity index (χ1v) is 9.47. The second kappa shape index (κ2) is 6.13. The number of nitrogens with one attached hydrogen (secondary N) is 1. The minimum atomic E-state index is -3.68. The average molecular weight is 401 g/mol. The van der Waals surface area contributed by atoms with E-state index in [1.165, 1.54) is 12.1 Å². The number of rotatable bonds is 6. The minimum Gasteiger partial charge on any atom is -0.211 e. The molecule has 7 heteroatoms. The van der Waals surface area contributed by atoms with Gasteiger partial charge in [0, 0.05) is 11.0 Å². The van der Waals surface area contributed by atoms with Crippen molar-refractivity contribution in [3.63, 3.8) is 0 Å². The van der Waals surface area contributed by atoms with Gasteiger partial charge in [-0.3, -0.25) is 0 Å². The lowest BCUT2D eigenvalue weighted by molar-refractivity contribution is 0.449. The van der Waals surface area contributed by atoms with Crippen LogP contribution in [0.15, 0.2) is 21.5 Å². The molecule has 0 heterocycles. The molecule has 1 saturated carbocycles. The van der Waals surface area contributed by atoms with E-state index in [0.29, 0.717) is 11.0 Å². The van der Waals surface area contributed by atoms with Crippen LogP contribution < -0.4 is 4.72 Å². The Bertz CT molecular complexity index is 592. The third kappa shape index (κ3) is 3.69. The van der Waals surface area contributed by atoms with Crippen LogP contribution in [-0.2, 0) is 10.0 Å². The van der Waals surface area contributed by atoms with Gasteiger partial charge in [0.15, 0.2) is 0 Å². The maximum absolute atomic E-state index is 12.4. The first-order chi connectivity index (χ1) is 9.30. The second-order valence-electron chi connectivity index (χ2n) is 5.27. The molecule has 2 rings (SSSR count). The molecule has 0 atom stereocenters. The lowest BCUT2D eigenvalue weighted by Crippen LogP contribution is -2.30. The minimum absolute atomic E-state index is 0.0451. The fourth-order valence-electron chi connectivity index (χ4n) is 2.33. The van der Waals surface area contributed by atoms with Crippen molar-refractivity contribution in [1.29, 1.82) is 0 Å². The Kier molecular flexibility index (Phi) is 5.07. The van der Waals surface area contributed by atoms with Gasteiger partial charge < -0.3 is 0 Å². The van der Waals surface area contributed by atoms with Gasteiger partial charge in [-0.05, 0) is 36.8 Å². The summed E-state index contributed by atoms with van der Waals surface area (Å²) in [7, 11) is -3.68. The van der Waals surface area contributed by atoms with Crippen LogP contribution in [0.25, 0.3) is 0 Å². The molecule has 1 fully saturated rings. The van der Waals surface area contributed by atoms with E-state index >= 15 is 0 Å². The molecule has 112 valence electrons. The van der Waals surface area contributed by atoms with Crippen LogP contribution >= 0.6 is 39.1 Å². The van der Waals surface area contributed by atoms with Crippen LogP contribution in [0.4, 0.5) is 0 Å². The molecular formula is C13H16BrCl2NO2S. The molecule has 0 radical (unpaired) electrons. The highest BCUT2D eigenvalue weighted by molar-refractivity contribution is 9.10. The van der Waals surface area contributed by atoms with E-state index in [-0.39, 0.29) is 20.4 Å². The van der Waals surface area contributed by atoms with Crippen molar-refractivity contribution < 1.29 is 8.42 Å². The Hall–Kier alpha value is 0.190. The summed E-state index contributed by atoms with van der Waals surface area (Å²) in [4.78, 5) is -0.0451. The van der Waals surface area contributed by atoms with Gasteiger partial charge in [0.25, 0.3) is 0 Å². The molecule has 0 aromatic heterocycles. The van der Waals surface area contributed by atoms with E-state index < -0.39 is 10.0 Å². The molecule has 1 aromatic rings. The maximum atomic E-state index is 12.4. The quantitative estimate of drug-likeness (QED) is 0.757. The predicted molar refractivity (Wildman–Crippen MR) is 85.9 cm³/mol. The van der Waals surface area contributed by atoms with Crippen molar-refractivity contribution in [2.24, 2.45) is 5.41 Å². The monoisotopic (exact) mass is 399 g/mol. The molecule has 0 saturated heterocycles. The summed E-state index contributed by atoms with van der Waals surface area (Å²) in [6, 6.07) is 3.06. The molecule has 20 heavy (non-hydrogen) atoms. The third-order valence-electron chi connectivity index (χ3n) is 3.61. The van der Waals surface area contributed by atoms with Crippen LogP contribution in [0.3, 0.4) is 0 Å². The SMILES string of the molecule is CCCC1(CNS(=O)(=O)c2c(Cl)cc(Br)cc2Cl)CC1. The molecule has 0 aliphatic heterocycles. The largest absolute Gasteiger partial charge is 0.243 e. The van der Waals surface area contributed by atoms with Crippen molar-refractivity contribution in [3.05, 3.63) is 26.7 Å². The molecule has 0 spiro atoms. The van der Waals surface area contributed by atoms with Gasteiger partial charge in [0.1, 0.15) is 4.90 Å². The third-order valence-corrected chi connectivity index (χ3v) is 6.39. The van der Waals surface area contributed by atoms with E-state index in [1.807, 2.05) is 0 Å². The van der Waals surface area contributed by atoms with Gasteiger partial charge in [0.05, 0.1) is 10.0 Å². The molecule has 1 N–H and O–H groups in total. The van der Waals surface area contributed by atoms with Crippen LogP contribution in [0.1, 0.15) is 32.6 Å². The molecule has 1 aromatic carbocycles. The molecule has 3 nitrogen and oxygen atoms in total. The highest BCUT2D eigenvalue weighted by Crippen LogP contribution is 2.49. The summed E-state index contributed by atoms with van der Waals surface area (Å²) >= 11 is 15.3. The van der Waals surface area contributed by atoms with Crippen molar-refractivity contribution in [2.75, 3.05) is 6.54 Å². The highest BCUT2D eigenvalue weighted by atomic mass is 79.9. The van der Waals surface area contributed by atoms with Crippen molar-refractivity contribution in [2.45, 2.75) is 37.5 Å². The van der Waals surface area contributed by atoms with E-state index in [4.69, 9.17) is 23.2 Å². The van der Waals surface area contributed by atoms with Crippen molar-refractivity contribution in [3.8, 4) is 0 Å². The average Bonchev–Trinajstić information content (AvgIpc) is 3.06.